The number of para-hydroxylation sites is 1. The SMILES string of the molecule is N#C/C(=C/c1ccc(O)c([N+](=O)[O-])c1)c1nc2ccccc2c(=O)[nH]1. The van der Waals surface area contributed by atoms with Crippen molar-refractivity contribution < 1.29 is 10.0 Å². The van der Waals surface area contributed by atoms with Crippen molar-refractivity contribution in [2.45, 2.75) is 0 Å². The fourth-order valence-electron chi connectivity index (χ4n) is 2.31. The Morgan fingerprint density at radius 3 is 2.80 bits per heavy atom. The van der Waals surface area contributed by atoms with Gasteiger partial charge < -0.3 is 10.1 Å². The van der Waals surface area contributed by atoms with Gasteiger partial charge in [-0.25, -0.2) is 4.98 Å². The summed E-state index contributed by atoms with van der Waals surface area (Å²) in [5, 5.41) is 30.1. The molecule has 0 saturated heterocycles. The number of rotatable bonds is 3. The Kier molecular flexibility index (Phi) is 3.97. The third-order valence-electron chi connectivity index (χ3n) is 3.50. The highest BCUT2D eigenvalue weighted by atomic mass is 16.6. The Labute approximate surface area is 140 Å². The molecule has 1 aromatic heterocycles. The van der Waals surface area contributed by atoms with E-state index in [1.54, 1.807) is 24.3 Å². The molecule has 8 nitrogen and oxygen atoms in total. The van der Waals surface area contributed by atoms with E-state index in [1.807, 2.05) is 6.07 Å². The first kappa shape index (κ1) is 15.9. The number of nitro groups is 1. The molecule has 0 amide bonds. The summed E-state index contributed by atoms with van der Waals surface area (Å²) in [6.07, 6.45) is 1.35. The zero-order valence-electron chi connectivity index (χ0n) is 12.6. The van der Waals surface area contributed by atoms with Crippen molar-refractivity contribution in [3.8, 4) is 11.8 Å². The largest absolute Gasteiger partial charge is 0.502 e. The van der Waals surface area contributed by atoms with E-state index >= 15 is 0 Å². The van der Waals surface area contributed by atoms with Crippen LogP contribution < -0.4 is 5.56 Å². The number of hydrogen-bond donors (Lipinski definition) is 2. The highest BCUT2D eigenvalue weighted by Gasteiger charge is 2.14. The average molecular weight is 334 g/mol. The molecule has 0 spiro atoms. The van der Waals surface area contributed by atoms with Gasteiger partial charge in [-0.2, -0.15) is 5.26 Å². The van der Waals surface area contributed by atoms with Crippen LogP contribution in [0.2, 0.25) is 0 Å². The number of nitro benzene ring substituents is 1. The van der Waals surface area contributed by atoms with E-state index in [9.17, 15) is 25.3 Å². The van der Waals surface area contributed by atoms with E-state index in [2.05, 4.69) is 9.97 Å². The summed E-state index contributed by atoms with van der Waals surface area (Å²) in [7, 11) is 0. The number of allylic oxidation sites excluding steroid dienone is 1. The second kappa shape index (κ2) is 6.25. The number of nitrogens with one attached hydrogen (secondary N) is 1. The van der Waals surface area contributed by atoms with Gasteiger partial charge in [0.05, 0.1) is 21.4 Å². The number of nitriles is 1. The van der Waals surface area contributed by atoms with Gasteiger partial charge in [0.2, 0.25) is 0 Å². The van der Waals surface area contributed by atoms with E-state index in [-0.39, 0.29) is 11.4 Å². The molecular formula is C17H10N4O4. The van der Waals surface area contributed by atoms with Gasteiger partial charge in [-0.15, -0.1) is 0 Å². The van der Waals surface area contributed by atoms with Crippen molar-refractivity contribution in [2.75, 3.05) is 0 Å². The number of aromatic hydroxyl groups is 1. The topological polar surface area (TPSA) is 133 Å². The molecule has 0 fully saturated rings. The number of benzene rings is 2. The van der Waals surface area contributed by atoms with Crippen LogP contribution in [0.3, 0.4) is 0 Å². The maximum absolute atomic E-state index is 12.1. The molecule has 2 N–H and O–H groups in total. The van der Waals surface area contributed by atoms with Crippen LogP contribution in [0, 0.1) is 21.4 Å². The lowest BCUT2D eigenvalue weighted by molar-refractivity contribution is -0.385. The molecule has 1 heterocycles. The Morgan fingerprint density at radius 2 is 2.08 bits per heavy atom. The maximum atomic E-state index is 12.1. The van der Waals surface area contributed by atoms with Crippen LogP contribution in [0.15, 0.2) is 47.3 Å². The predicted octanol–water partition coefficient (Wildman–Crippen LogP) is 2.60. The van der Waals surface area contributed by atoms with Crippen molar-refractivity contribution in [2.24, 2.45) is 0 Å². The summed E-state index contributed by atoms with van der Waals surface area (Å²) in [5.74, 6) is -0.417. The summed E-state index contributed by atoms with van der Waals surface area (Å²) in [4.78, 5) is 29.0. The fourth-order valence-corrected chi connectivity index (χ4v) is 2.31. The molecule has 0 atom stereocenters. The molecule has 3 aromatic rings. The molecule has 0 aliphatic carbocycles. The molecule has 0 radical (unpaired) electrons. The summed E-state index contributed by atoms with van der Waals surface area (Å²) in [6.45, 7) is 0. The molecule has 122 valence electrons. The standard InChI is InChI=1S/C17H10N4O4/c18-9-11(7-10-5-6-15(22)14(8-10)21(24)25)16-19-13-4-2-1-3-12(13)17(23)20-16/h1-8,22H,(H,19,20,23)/b11-7-. The molecule has 0 unspecified atom stereocenters. The van der Waals surface area contributed by atoms with Gasteiger partial charge in [0.15, 0.2) is 11.6 Å². The Balaban J connectivity index is 2.14. The van der Waals surface area contributed by atoms with E-state index < -0.39 is 21.9 Å². The Morgan fingerprint density at radius 1 is 1.32 bits per heavy atom. The smallest absolute Gasteiger partial charge is 0.311 e. The predicted molar refractivity (Wildman–Crippen MR) is 90.6 cm³/mol. The Hall–Kier alpha value is -3.99. The number of phenolic OH excluding ortho intramolecular Hbond substituents is 1. The Bertz CT molecular complexity index is 1130. The highest BCUT2D eigenvalue weighted by molar-refractivity contribution is 5.89. The lowest BCUT2D eigenvalue weighted by Crippen LogP contribution is -2.11. The first-order valence-electron chi connectivity index (χ1n) is 7.08. The molecular weight excluding hydrogens is 324 g/mol. The molecule has 0 bridgehead atoms. The lowest BCUT2D eigenvalue weighted by atomic mass is 10.1. The van der Waals surface area contributed by atoms with Gasteiger partial charge in [-0.05, 0) is 29.8 Å². The molecule has 8 heteroatoms. The minimum atomic E-state index is -0.727. The zero-order valence-corrected chi connectivity index (χ0v) is 12.6. The van der Waals surface area contributed by atoms with Gasteiger partial charge in [-0.3, -0.25) is 14.9 Å². The van der Waals surface area contributed by atoms with E-state index in [0.29, 0.717) is 16.5 Å². The van der Waals surface area contributed by atoms with Gasteiger partial charge in [0, 0.05) is 6.07 Å². The number of aromatic amines is 1. The normalized spacial score (nSPS) is 11.2. The average Bonchev–Trinajstić information content (AvgIpc) is 2.60. The van der Waals surface area contributed by atoms with E-state index in [1.165, 1.54) is 12.1 Å². The first-order valence-corrected chi connectivity index (χ1v) is 7.08. The van der Waals surface area contributed by atoms with Crippen LogP contribution in [0.4, 0.5) is 5.69 Å². The first-order chi connectivity index (χ1) is 12.0. The minimum Gasteiger partial charge on any atom is -0.502 e. The fraction of sp³-hybridized carbons (Fsp3) is 0. The van der Waals surface area contributed by atoms with Crippen LogP contribution in [0.25, 0.3) is 22.6 Å². The zero-order chi connectivity index (χ0) is 18.0. The van der Waals surface area contributed by atoms with E-state index in [4.69, 9.17) is 0 Å². The van der Waals surface area contributed by atoms with E-state index in [0.717, 1.165) is 12.1 Å². The summed E-state index contributed by atoms with van der Waals surface area (Å²) < 4.78 is 0. The third kappa shape index (κ3) is 3.07. The number of aromatic nitrogens is 2. The molecule has 2 aromatic carbocycles. The van der Waals surface area contributed by atoms with Crippen molar-refractivity contribution in [1.82, 2.24) is 9.97 Å². The van der Waals surface area contributed by atoms with Crippen LogP contribution in [0.1, 0.15) is 11.4 Å². The van der Waals surface area contributed by atoms with Crippen molar-refractivity contribution >= 4 is 28.2 Å². The van der Waals surface area contributed by atoms with Crippen molar-refractivity contribution in [3.05, 3.63) is 74.3 Å². The van der Waals surface area contributed by atoms with Gasteiger partial charge in [0.1, 0.15) is 6.07 Å². The maximum Gasteiger partial charge on any atom is 0.311 e. The summed E-state index contributed by atoms with van der Waals surface area (Å²) >= 11 is 0. The summed E-state index contributed by atoms with van der Waals surface area (Å²) in [5.41, 5.74) is -0.0942. The van der Waals surface area contributed by atoms with Crippen LogP contribution >= 0.6 is 0 Å². The molecule has 3 rings (SSSR count). The van der Waals surface area contributed by atoms with Crippen LogP contribution in [-0.4, -0.2) is 20.0 Å². The number of H-pyrrole nitrogens is 1. The summed E-state index contributed by atoms with van der Waals surface area (Å²) in [6, 6.07) is 12.3. The van der Waals surface area contributed by atoms with Crippen LogP contribution in [-0.2, 0) is 0 Å². The quantitative estimate of drug-likeness (QED) is 0.429. The van der Waals surface area contributed by atoms with Gasteiger partial charge in [0.25, 0.3) is 5.56 Å². The number of hydrogen-bond acceptors (Lipinski definition) is 6. The van der Waals surface area contributed by atoms with Crippen molar-refractivity contribution in [3.63, 3.8) is 0 Å². The minimum absolute atomic E-state index is 0.0304. The third-order valence-corrected chi connectivity index (χ3v) is 3.50. The highest BCUT2D eigenvalue weighted by Crippen LogP contribution is 2.28. The molecule has 0 aliphatic rings. The number of fused-ring (bicyclic) bond motifs is 1. The number of phenols is 1. The molecule has 0 saturated carbocycles. The molecule has 0 aliphatic heterocycles. The van der Waals surface area contributed by atoms with Gasteiger partial charge in [-0.1, -0.05) is 18.2 Å². The van der Waals surface area contributed by atoms with Gasteiger partial charge >= 0.3 is 5.69 Å². The van der Waals surface area contributed by atoms with Crippen molar-refractivity contribution in [1.29, 1.82) is 5.26 Å². The lowest BCUT2D eigenvalue weighted by Gasteiger charge is -2.02. The van der Waals surface area contributed by atoms with Crippen LogP contribution in [0.5, 0.6) is 5.75 Å². The second-order valence-corrected chi connectivity index (χ2v) is 5.11. The molecule has 25 heavy (non-hydrogen) atoms. The second-order valence-electron chi connectivity index (χ2n) is 5.11. The monoisotopic (exact) mass is 334 g/mol. The number of nitrogens with zero attached hydrogens (tertiary/aromatic N) is 3.